The predicted octanol–water partition coefficient (Wildman–Crippen LogP) is 3.83. The van der Waals surface area contributed by atoms with Gasteiger partial charge in [-0.15, -0.1) is 5.10 Å². The Labute approximate surface area is 199 Å². The largest absolute Gasteiger partial charge is 0.465 e. The molecule has 3 aromatic rings. The summed E-state index contributed by atoms with van der Waals surface area (Å²) < 4.78 is 84.8. The molecule has 0 unspecified atom stereocenters. The maximum absolute atomic E-state index is 13.1. The van der Waals surface area contributed by atoms with Crippen LogP contribution in [0.25, 0.3) is 11.4 Å². The molecule has 0 radical (unpaired) electrons. The molecule has 1 amide bonds. The van der Waals surface area contributed by atoms with Crippen molar-refractivity contribution in [3.63, 3.8) is 0 Å². The van der Waals surface area contributed by atoms with Crippen LogP contribution in [-0.4, -0.2) is 43.4 Å². The third-order valence-electron chi connectivity index (χ3n) is 4.71. The molecule has 15 heteroatoms. The van der Waals surface area contributed by atoms with Crippen LogP contribution in [0, 0.1) is 0 Å². The quantitative estimate of drug-likeness (QED) is 0.375. The summed E-state index contributed by atoms with van der Waals surface area (Å²) in [4.78, 5) is 32.5. The van der Waals surface area contributed by atoms with Crippen LogP contribution in [0.5, 0.6) is 0 Å². The minimum Gasteiger partial charge on any atom is -0.465 e. The fourth-order valence-corrected chi connectivity index (χ4v) is 3.12. The van der Waals surface area contributed by atoms with E-state index in [9.17, 15) is 35.9 Å². The zero-order valence-electron chi connectivity index (χ0n) is 18.7. The summed E-state index contributed by atoms with van der Waals surface area (Å²) in [7, 11) is 0. The van der Waals surface area contributed by atoms with Gasteiger partial charge >= 0.3 is 18.3 Å². The number of carbonyl (C=O) groups is 2. The first-order valence-electron chi connectivity index (χ1n) is 10.3. The molecule has 1 aromatic carbocycles. The molecule has 0 aliphatic carbocycles. The van der Waals surface area contributed by atoms with Crippen LogP contribution in [-0.2, 0) is 28.4 Å². The fourth-order valence-electron chi connectivity index (χ4n) is 3.12. The van der Waals surface area contributed by atoms with E-state index in [1.54, 1.807) is 6.92 Å². The van der Waals surface area contributed by atoms with Gasteiger partial charge in [0, 0.05) is 18.0 Å². The van der Waals surface area contributed by atoms with Crippen molar-refractivity contribution in [2.24, 2.45) is 0 Å². The SMILES string of the molecule is CCOC(=O)Cn1cc(-c2nccnc2[C@@H](C)NC(=O)c2cc(C(F)(F)F)cc(C(F)(F)F)c2)nn1. The van der Waals surface area contributed by atoms with Gasteiger partial charge in [0.1, 0.15) is 17.9 Å². The third kappa shape index (κ3) is 6.34. The Balaban J connectivity index is 1.88. The minimum absolute atomic E-state index is 0.0688. The van der Waals surface area contributed by atoms with Crippen LogP contribution in [0.3, 0.4) is 0 Å². The maximum atomic E-state index is 13.1. The number of ether oxygens (including phenoxy) is 1. The molecular weight excluding hydrogens is 498 g/mol. The van der Waals surface area contributed by atoms with Gasteiger partial charge in [-0.05, 0) is 32.0 Å². The molecule has 9 nitrogen and oxygen atoms in total. The van der Waals surface area contributed by atoms with Crippen LogP contribution < -0.4 is 5.32 Å². The van der Waals surface area contributed by atoms with Crippen molar-refractivity contribution in [3.8, 4) is 11.4 Å². The standard InChI is InChI=1S/C21H18F6N6O3/c1-3-36-16(34)10-33-9-15(31-32-33)18-17(28-4-5-29-18)11(2)30-19(35)12-6-13(20(22,23)24)8-14(7-12)21(25,26)27/h4-9,11H,3,10H2,1-2H3,(H,30,35)/t11-/m1/s1. The molecule has 0 fully saturated rings. The third-order valence-corrected chi connectivity index (χ3v) is 4.71. The van der Waals surface area contributed by atoms with E-state index in [4.69, 9.17) is 4.74 Å². The van der Waals surface area contributed by atoms with Crippen LogP contribution in [0.4, 0.5) is 26.3 Å². The second-order valence-corrected chi connectivity index (χ2v) is 7.39. The highest BCUT2D eigenvalue weighted by Gasteiger charge is 2.37. The molecule has 2 heterocycles. The minimum atomic E-state index is -5.10. The summed E-state index contributed by atoms with van der Waals surface area (Å²) in [6.07, 6.45) is -6.26. The average molecular weight is 516 g/mol. The normalized spacial score (nSPS) is 12.8. The number of amides is 1. The zero-order valence-corrected chi connectivity index (χ0v) is 18.7. The molecule has 1 N–H and O–H groups in total. The number of nitrogens with zero attached hydrogens (tertiary/aromatic N) is 5. The van der Waals surface area contributed by atoms with Crippen LogP contribution >= 0.6 is 0 Å². The van der Waals surface area contributed by atoms with E-state index < -0.39 is 47.0 Å². The van der Waals surface area contributed by atoms with Gasteiger partial charge in [0.2, 0.25) is 0 Å². The van der Waals surface area contributed by atoms with Gasteiger partial charge < -0.3 is 10.1 Å². The Bertz CT molecular complexity index is 1230. The Hall–Kier alpha value is -4.04. The molecule has 3 rings (SSSR count). The van der Waals surface area contributed by atoms with E-state index in [1.807, 2.05) is 0 Å². The van der Waals surface area contributed by atoms with Gasteiger partial charge in [0.25, 0.3) is 5.91 Å². The summed E-state index contributed by atoms with van der Waals surface area (Å²) >= 11 is 0. The molecule has 0 aliphatic rings. The van der Waals surface area contributed by atoms with E-state index in [2.05, 4.69) is 25.6 Å². The molecule has 0 saturated carbocycles. The molecule has 0 bridgehead atoms. The Morgan fingerprint density at radius 2 is 1.64 bits per heavy atom. The van der Waals surface area contributed by atoms with Gasteiger partial charge in [0.15, 0.2) is 0 Å². The number of alkyl halides is 6. The number of hydrogen-bond donors (Lipinski definition) is 1. The van der Waals surface area contributed by atoms with Crippen LogP contribution in [0.1, 0.15) is 47.1 Å². The topological polar surface area (TPSA) is 112 Å². The van der Waals surface area contributed by atoms with E-state index >= 15 is 0 Å². The molecule has 0 spiro atoms. The lowest BCUT2D eigenvalue weighted by molar-refractivity contribution is -0.144. The van der Waals surface area contributed by atoms with Crippen LogP contribution in [0.2, 0.25) is 0 Å². The summed E-state index contributed by atoms with van der Waals surface area (Å²) in [5.74, 6) is -1.75. The predicted molar refractivity (Wildman–Crippen MR) is 110 cm³/mol. The van der Waals surface area contributed by atoms with Crippen LogP contribution in [0.15, 0.2) is 36.8 Å². The van der Waals surface area contributed by atoms with E-state index in [0.29, 0.717) is 12.1 Å². The van der Waals surface area contributed by atoms with E-state index in [1.165, 1.54) is 30.2 Å². The van der Waals surface area contributed by atoms with Gasteiger partial charge in [0.05, 0.1) is 35.7 Å². The van der Waals surface area contributed by atoms with Crippen molar-refractivity contribution in [1.29, 1.82) is 0 Å². The highest BCUT2D eigenvalue weighted by molar-refractivity contribution is 5.95. The highest BCUT2D eigenvalue weighted by atomic mass is 19.4. The van der Waals surface area contributed by atoms with Crippen molar-refractivity contribution < 1.29 is 40.7 Å². The summed E-state index contributed by atoms with van der Waals surface area (Å²) in [5, 5.41) is 10.0. The molecule has 0 aliphatic heterocycles. The maximum Gasteiger partial charge on any atom is 0.416 e. The lowest BCUT2D eigenvalue weighted by Gasteiger charge is -2.17. The number of esters is 1. The average Bonchev–Trinajstić information content (AvgIpc) is 3.25. The van der Waals surface area contributed by atoms with Gasteiger partial charge in [-0.1, -0.05) is 5.21 Å². The molecule has 192 valence electrons. The number of rotatable bonds is 7. The lowest BCUT2D eigenvalue weighted by Crippen LogP contribution is -2.28. The van der Waals surface area contributed by atoms with E-state index in [-0.39, 0.29) is 36.3 Å². The Morgan fingerprint density at radius 1 is 1.03 bits per heavy atom. The first-order chi connectivity index (χ1) is 16.8. The number of carbonyl (C=O) groups excluding carboxylic acids is 2. The Morgan fingerprint density at radius 3 is 2.22 bits per heavy atom. The molecule has 2 aromatic heterocycles. The molecular formula is C21H18F6N6O3. The van der Waals surface area contributed by atoms with Gasteiger partial charge in [-0.3, -0.25) is 19.6 Å². The number of halogens is 6. The first-order valence-corrected chi connectivity index (χ1v) is 10.3. The van der Waals surface area contributed by atoms with Crippen molar-refractivity contribution in [1.82, 2.24) is 30.3 Å². The summed E-state index contributed by atoms with van der Waals surface area (Å²) in [6.45, 7) is 2.98. The van der Waals surface area contributed by atoms with Gasteiger partial charge in [-0.2, -0.15) is 26.3 Å². The monoisotopic (exact) mass is 516 g/mol. The smallest absolute Gasteiger partial charge is 0.416 e. The zero-order chi connectivity index (χ0) is 26.7. The number of hydrogen-bond acceptors (Lipinski definition) is 7. The Kier molecular flexibility index (Phi) is 7.59. The van der Waals surface area contributed by atoms with Crippen molar-refractivity contribution in [2.75, 3.05) is 6.61 Å². The molecule has 36 heavy (non-hydrogen) atoms. The summed E-state index contributed by atoms with van der Waals surface area (Å²) in [6, 6.07) is -0.424. The number of nitrogens with one attached hydrogen (secondary N) is 1. The highest BCUT2D eigenvalue weighted by Crippen LogP contribution is 2.36. The summed E-state index contributed by atoms with van der Waals surface area (Å²) in [5.41, 5.74) is -3.68. The van der Waals surface area contributed by atoms with Crippen molar-refractivity contribution in [2.45, 2.75) is 38.8 Å². The number of aromatic nitrogens is 5. The van der Waals surface area contributed by atoms with Crippen molar-refractivity contribution >= 4 is 11.9 Å². The molecule has 1 atom stereocenters. The lowest BCUT2D eigenvalue weighted by atomic mass is 10.0. The molecule has 0 saturated heterocycles. The fraction of sp³-hybridized carbons (Fsp3) is 0.333. The van der Waals surface area contributed by atoms with E-state index in [0.717, 1.165) is 0 Å². The number of benzene rings is 1. The first kappa shape index (κ1) is 26.6. The van der Waals surface area contributed by atoms with Crippen molar-refractivity contribution in [3.05, 3.63) is 59.2 Å². The second kappa shape index (κ2) is 10.3. The van der Waals surface area contributed by atoms with Gasteiger partial charge in [-0.25, -0.2) is 4.68 Å². The second-order valence-electron chi connectivity index (χ2n) is 7.39.